The molecule has 2 aromatic rings. The minimum Gasteiger partial charge on any atom is -0.427 e. The van der Waals surface area contributed by atoms with Crippen LogP contribution in [0, 0.1) is 0 Å². The number of rotatable bonds is 2. The second-order valence-corrected chi connectivity index (χ2v) is 3.92. The molecule has 6 heteroatoms. The molecule has 0 aliphatic heterocycles. The van der Waals surface area contributed by atoms with Crippen molar-refractivity contribution >= 4 is 23.0 Å². The Bertz CT molecular complexity index is 558. The topological polar surface area (TPSA) is 22.1 Å². The van der Waals surface area contributed by atoms with Crippen molar-refractivity contribution in [3.8, 4) is 17.0 Å². The van der Waals surface area contributed by atoms with Gasteiger partial charge in [0.25, 0.3) is 0 Å². The Labute approximate surface area is 129 Å². The van der Waals surface area contributed by atoms with E-state index < -0.39 is 11.9 Å². The van der Waals surface area contributed by atoms with Crippen LogP contribution >= 0.6 is 23.0 Å². The van der Waals surface area contributed by atoms with Crippen molar-refractivity contribution in [1.29, 1.82) is 0 Å². The average molecular weight is 395 g/mol. The Morgan fingerprint density at radius 2 is 1.65 bits per heavy atom. The quantitative estimate of drug-likeness (QED) is 0.625. The highest BCUT2D eigenvalue weighted by Crippen LogP contribution is 2.33. The van der Waals surface area contributed by atoms with Gasteiger partial charge in [0.1, 0.15) is 11.4 Å². The molecule has 0 N–H and O–H groups in total. The number of nitrogens with zero attached hydrogens (tertiary/aromatic N) is 1. The van der Waals surface area contributed by atoms with Crippen molar-refractivity contribution < 1.29 is 16.2 Å². The van der Waals surface area contributed by atoms with Crippen molar-refractivity contribution in [3.05, 3.63) is 48.2 Å². The fourth-order valence-corrected chi connectivity index (χ4v) is 1.87. The molecular formula is C14H13F3INO. The molecule has 0 amide bonds. The molecule has 0 unspecified atom stereocenters. The minimum absolute atomic E-state index is 0.233. The lowest BCUT2D eigenvalue weighted by Crippen LogP contribution is -2.08. The molecule has 0 saturated carbocycles. The number of halogens is 4. The van der Waals surface area contributed by atoms with Crippen LogP contribution in [-0.4, -0.2) is 4.98 Å². The number of alkyl halides is 3. The van der Waals surface area contributed by atoms with E-state index in [1.54, 1.807) is 47.3 Å². The maximum absolute atomic E-state index is 12.6. The zero-order chi connectivity index (χ0) is 15.2. The standard InChI is InChI=1S/C12H7F3INO.C2H6/c13-12(14,15)11-7-3-5-9(17-11)8-4-1-2-6-10(8)18-16;1-2/h1-7H;1-2H3. The summed E-state index contributed by atoms with van der Waals surface area (Å²) >= 11 is 1.68. The van der Waals surface area contributed by atoms with Gasteiger partial charge in [0.2, 0.25) is 0 Å². The van der Waals surface area contributed by atoms with Gasteiger partial charge in [0, 0.05) is 5.56 Å². The Kier molecular flexibility index (Phi) is 6.25. The first-order chi connectivity index (χ1) is 9.52. The summed E-state index contributed by atoms with van der Waals surface area (Å²) in [6, 6.07) is 10.6. The molecule has 1 aromatic heterocycles. The predicted molar refractivity (Wildman–Crippen MR) is 80.7 cm³/mol. The number of para-hydroxylation sites is 1. The van der Waals surface area contributed by atoms with E-state index in [1.807, 2.05) is 13.8 Å². The molecule has 0 aliphatic carbocycles. The number of pyridine rings is 1. The Morgan fingerprint density at radius 3 is 2.25 bits per heavy atom. The Morgan fingerprint density at radius 1 is 1.00 bits per heavy atom. The first kappa shape index (κ1) is 16.7. The highest BCUT2D eigenvalue weighted by molar-refractivity contribution is 14.1. The van der Waals surface area contributed by atoms with Gasteiger partial charge < -0.3 is 3.07 Å². The van der Waals surface area contributed by atoms with E-state index in [4.69, 9.17) is 3.07 Å². The third-order valence-corrected chi connectivity index (χ3v) is 2.76. The summed E-state index contributed by atoms with van der Waals surface area (Å²) < 4.78 is 42.8. The summed E-state index contributed by atoms with van der Waals surface area (Å²) in [4.78, 5) is 3.61. The molecule has 0 spiro atoms. The Balaban J connectivity index is 0.000000956. The molecule has 108 valence electrons. The fraction of sp³-hybridized carbons (Fsp3) is 0.214. The summed E-state index contributed by atoms with van der Waals surface area (Å²) in [7, 11) is 0. The van der Waals surface area contributed by atoms with Crippen LogP contribution in [0.15, 0.2) is 42.5 Å². The van der Waals surface area contributed by atoms with E-state index in [9.17, 15) is 13.2 Å². The van der Waals surface area contributed by atoms with Crippen LogP contribution in [0.5, 0.6) is 5.75 Å². The third kappa shape index (κ3) is 4.09. The van der Waals surface area contributed by atoms with Crippen LogP contribution in [0.1, 0.15) is 19.5 Å². The number of hydrogen-bond donors (Lipinski definition) is 0. The third-order valence-electron chi connectivity index (χ3n) is 2.29. The molecule has 1 heterocycles. The van der Waals surface area contributed by atoms with E-state index in [1.165, 1.54) is 12.1 Å². The zero-order valence-electron chi connectivity index (χ0n) is 10.9. The smallest absolute Gasteiger partial charge is 0.427 e. The van der Waals surface area contributed by atoms with Gasteiger partial charge in [-0.25, -0.2) is 4.98 Å². The van der Waals surface area contributed by atoms with E-state index >= 15 is 0 Å². The predicted octanol–water partition coefficient (Wildman–Crippen LogP) is 5.52. The monoisotopic (exact) mass is 395 g/mol. The average Bonchev–Trinajstić information content (AvgIpc) is 2.48. The lowest BCUT2D eigenvalue weighted by molar-refractivity contribution is -0.141. The molecule has 2 nitrogen and oxygen atoms in total. The van der Waals surface area contributed by atoms with Gasteiger partial charge >= 0.3 is 6.18 Å². The van der Waals surface area contributed by atoms with Gasteiger partial charge in [-0.05, 0) is 24.3 Å². The van der Waals surface area contributed by atoms with Crippen molar-refractivity contribution in [2.24, 2.45) is 0 Å². The molecule has 2 rings (SSSR count). The molecular weight excluding hydrogens is 382 g/mol. The minimum atomic E-state index is -4.45. The van der Waals surface area contributed by atoms with E-state index in [0.29, 0.717) is 11.3 Å². The summed E-state index contributed by atoms with van der Waals surface area (Å²) in [5, 5.41) is 0. The second-order valence-electron chi connectivity index (χ2n) is 3.48. The maximum atomic E-state index is 12.6. The molecule has 0 radical (unpaired) electrons. The van der Waals surface area contributed by atoms with Crippen LogP contribution in [0.25, 0.3) is 11.3 Å². The van der Waals surface area contributed by atoms with Crippen LogP contribution in [0.3, 0.4) is 0 Å². The van der Waals surface area contributed by atoms with Gasteiger partial charge in [0.05, 0.1) is 5.69 Å². The Hall–Kier alpha value is -1.31. The highest BCUT2D eigenvalue weighted by Gasteiger charge is 2.32. The highest BCUT2D eigenvalue weighted by atomic mass is 127. The van der Waals surface area contributed by atoms with Crippen molar-refractivity contribution in [1.82, 2.24) is 4.98 Å². The van der Waals surface area contributed by atoms with Crippen molar-refractivity contribution in [2.45, 2.75) is 20.0 Å². The van der Waals surface area contributed by atoms with Gasteiger partial charge in [0.15, 0.2) is 23.0 Å². The lowest BCUT2D eigenvalue weighted by Gasteiger charge is -2.09. The number of aromatic nitrogens is 1. The zero-order valence-corrected chi connectivity index (χ0v) is 13.1. The van der Waals surface area contributed by atoms with Crippen molar-refractivity contribution in [3.63, 3.8) is 0 Å². The number of benzene rings is 1. The molecule has 0 atom stereocenters. The van der Waals surface area contributed by atoms with E-state index in [-0.39, 0.29) is 5.69 Å². The van der Waals surface area contributed by atoms with E-state index in [2.05, 4.69) is 4.98 Å². The van der Waals surface area contributed by atoms with E-state index in [0.717, 1.165) is 6.07 Å². The largest absolute Gasteiger partial charge is 0.433 e. The van der Waals surface area contributed by atoms with Crippen LogP contribution in [-0.2, 0) is 6.18 Å². The normalized spacial score (nSPS) is 10.5. The lowest BCUT2D eigenvalue weighted by atomic mass is 10.1. The number of hydrogen-bond acceptors (Lipinski definition) is 2. The van der Waals surface area contributed by atoms with Gasteiger partial charge in [-0.15, -0.1) is 0 Å². The summed E-state index contributed by atoms with van der Waals surface area (Å²) in [6.45, 7) is 4.00. The summed E-state index contributed by atoms with van der Waals surface area (Å²) in [5.41, 5.74) is -0.154. The molecule has 0 saturated heterocycles. The van der Waals surface area contributed by atoms with Gasteiger partial charge in [-0.3, -0.25) is 0 Å². The van der Waals surface area contributed by atoms with Gasteiger partial charge in [-0.1, -0.05) is 32.0 Å². The van der Waals surface area contributed by atoms with Crippen LogP contribution in [0.2, 0.25) is 0 Å². The molecule has 0 fully saturated rings. The SMILES string of the molecule is CC.FC(F)(F)c1cccc(-c2ccccc2OI)n1. The van der Waals surface area contributed by atoms with Crippen LogP contribution < -0.4 is 3.07 Å². The first-order valence-electron chi connectivity index (χ1n) is 5.94. The summed E-state index contributed by atoms with van der Waals surface area (Å²) in [5.74, 6) is 0.477. The summed E-state index contributed by atoms with van der Waals surface area (Å²) in [6.07, 6.45) is -4.45. The molecule has 1 aromatic carbocycles. The van der Waals surface area contributed by atoms with Crippen LogP contribution in [0.4, 0.5) is 13.2 Å². The molecule has 0 aliphatic rings. The second kappa shape index (κ2) is 7.47. The molecule has 20 heavy (non-hydrogen) atoms. The van der Waals surface area contributed by atoms with Crippen molar-refractivity contribution in [2.75, 3.05) is 0 Å². The van der Waals surface area contributed by atoms with Gasteiger partial charge in [-0.2, -0.15) is 13.2 Å². The maximum Gasteiger partial charge on any atom is 0.433 e. The fourth-order valence-electron chi connectivity index (χ4n) is 1.49. The molecule has 0 bridgehead atoms. The first-order valence-corrected chi connectivity index (χ1v) is 6.82.